The minimum atomic E-state index is -1.04. The fourth-order valence-electron chi connectivity index (χ4n) is 1.56. The molecule has 4 nitrogen and oxygen atoms in total. The first kappa shape index (κ1) is 12.0. The van der Waals surface area contributed by atoms with Crippen molar-refractivity contribution in [1.29, 1.82) is 0 Å². The smallest absolute Gasteiger partial charge is 0.337 e. The van der Waals surface area contributed by atoms with E-state index in [4.69, 9.17) is 5.11 Å². The fourth-order valence-corrected chi connectivity index (χ4v) is 1.56. The molecular formula is C13H11FN2O2. The second-order valence-corrected chi connectivity index (χ2v) is 3.72. The number of rotatable bonds is 3. The minimum Gasteiger partial charge on any atom is -0.478 e. The number of benzene rings is 1. The maximum absolute atomic E-state index is 13.6. The number of pyridine rings is 1. The van der Waals surface area contributed by atoms with E-state index in [-0.39, 0.29) is 11.4 Å². The Morgan fingerprint density at radius 2 is 2.00 bits per heavy atom. The number of anilines is 2. The highest BCUT2D eigenvalue weighted by Gasteiger charge is 2.10. The predicted molar refractivity (Wildman–Crippen MR) is 65.7 cm³/mol. The first-order valence-electron chi connectivity index (χ1n) is 5.27. The van der Waals surface area contributed by atoms with E-state index in [2.05, 4.69) is 4.98 Å². The first-order chi connectivity index (χ1) is 8.59. The largest absolute Gasteiger partial charge is 0.478 e. The summed E-state index contributed by atoms with van der Waals surface area (Å²) in [7, 11) is 1.67. The van der Waals surface area contributed by atoms with Crippen LogP contribution in [0.2, 0.25) is 0 Å². The molecule has 0 radical (unpaired) electrons. The van der Waals surface area contributed by atoms with E-state index in [9.17, 15) is 9.18 Å². The lowest BCUT2D eigenvalue weighted by Gasteiger charge is -2.18. The van der Waals surface area contributed by atoms with E-state index in [0.29, 0.717) is 11.5 Å². The van der Waals surface area contributed by atoms with Gasteiger partial charge in [-0.15, -0.1) is 0 Å². The summed E-state index contributed by atoms with van der Waals surface area (Å²) < 4.78 is 13.6. The molecule has 0 aliphatic rings. The zero-order chi connectivity index (χ0) is 13.1. The Morgan fingerprint density at radius 3 is 2.56 bits per heavy atom. The second kappa shape index (κ2) is 4.83. The van der Waals surface area contributed by atoms with Crippen LogP contribution in [0.3, 0.4) is 0 Å². The zero-order valence-corrected chi connectivity index (χ0v) is 9.67. The standard InChI is InChI=1S/C13H11FN2O2/c1-16(11-5-3-2-4-10(11)14)12-7-6-9(8-15-12)13(17)18/h2-8H,1H3,(H,17,18). The monoisotopic (exact) mass is 246 g/mol. The van der Waals surface area contributed by atoms with Crippen LogP contribution in [0.5, 0.6) is 0 Å². The van der Waals surface area contributed by atoms with Gasteiger partial charge in [0.25, 0.3) is 0 Å². The molecule has 2 rings (SSSR count). The van der Waals surface area contributed by atoms with Gasteiger partial charge >= 0.3 is 5.97 Å². The van der Waals surface area contributed by atoms with Crippen LogP contribution < -0.4 is 4.90 Å². The van der Waals surface area contributed by atoms with E-state index in [1.165, 1.54) is 24.4 Å². The summed E-state index contributed by atoms with van der Waals surface area (Å²) in [6.45, 7) is 0. The van der Waals surface area contributed by atoms with E-state index < -0.39 is 5.97 Å². The van der Waals surface area contributed by atoms with E-state index in [1.807, 2.05) is 0 Å². The molecule has 0 fully saturated rings. The molecule has 0 saturated heterocycles. The highest BCUT2D eigenvalue weighted by molar-refractivity contribution is 5.87. The first-order valence-corrected chi connectivity index (χ1v) is 5.27. The third-order valence-electron chi connectivity index (χ3n) is 2.55. The number of hydrogen-bond acceptors (Lipinski definition) is 3. The molecule has 0 spiro atoms. The Balaban J connectivity index is 2.32. The molecule has 5 heteroatoms. The van der Waals surface area contributed by atoms with Crippen LogP contribution >= 0.6 is 0 Å². The number of carbonyl (C=O) groups is 1. The Labute approximate surface area is 103 Å². The Hall–Kier alpha value is -2.43. The van der Waals surface area contributed by atoms with Gasteiger partial charge in [-0.05, 0) is 24.3 Å². The van der Waals surface area contributed by atoms with Crippen molar-refractivity contribution in [3.63, 3.8) is 0 Å². The Kier molecular flexibility index (Phi) is 3.23. The van der Waals surface area contributed by atoms with Crippen molar-refractivity contribution >= 4 is 17.5 Å². The van der Waals surface area contributed by atoms with Gasteiger partial charge in [0.05, 0.1) is 11.3 Å². The normalized spacial score (nSPS) is 10.1. The van der Waals surface area contributed by atoms with Gasteiger partial charge in [-0.3, -0.25) is 0 Å². The summed E-state index contributed by atoms with van der Waals surface area (Å²) in [5.41, 5.74) is 0.480. The lowest BCUT2D eigenvalue weighted by molar-refractivity contribution is 0.0696. The quantitative estimate of drug-likeness (QED) is 0.904. The lowest BCUT2D eigenvalue weighted by Crippen LogP contribution is -2.13. The van der Waals surface area contributed by atoms with Crippen LogP contribution in [0, 0.1) is 5.82 Å². The van der Waals surface area contributed by atoms with Crippen molar-refractivity contribution in [3.8, 4) is 0 Å². The number of hydrogen-bond donors (Lipinski definition) is 1. The van der Waals surface area contributed by atoms with Crippen molar-refractivity contribution < 1.29 is 14.3 Å². The molecule has 0 amide bonds. The summed E-state index contributed by atoms with van der Waals surface area (Å²) in [5, 5.41) is 8.76. The number of nitrogens with zero attached hydrogens (tertiary/aromatic N) is 2. The van der Waals surface area contributed by atoms with Gasteiger partial charge in [0.15, 0.2) is 0 Å². The summed E-state index contributed by atoms with van der Waals surface area (Å²) in [6, 6.07) is 9.28. The summed E-state index contributed by atoms with van der Waals surface area (Å²) in [4.78, 5) is 16.2. The molecule has 0 bridgehead atoms. The summed E-state index contributed by atoms with van der Waals surface area (Å²) in [5.74, 6) is -0.920. The van der Waals surface area contributed by atoms with Gasteiger partial charge in [-0.2, -0.15) is 0 Å². The highest BCUT2D eigenvalue weighted by Crippen LogP contribution is 2.24. The Morgan fingerprint density at radius 1 is 1.28 bits per heavy atom. The second-order valence-electron chi connectivity index (χ2n) is 3.72. The van der Waals surface area contributed by atoms with Crippen LogP contribution in [0.15, 0.2) is 42.6 Å². The Bertz CT molecular complexity index is 569. The molecule has 92 valence electrons. The molecule has 2 aromatic rings. The molecule has 1 N–H and O–H groups in total. The van der Waals surface area contributed by atoms with E-state index in [0.717, 1.165) is 0 Å². The molecule has 0 saturated carbocycles. The van der Waals surface area contributed by atoms with Crippen LogP contribution in [-0.2, 0) is 0 Å². The molecule has 0 unspecified atom stereocenters. The minimum absolute atomic E-state index is 0.0979. The number of carboxylic acid groups (broad SMARTS) is 1. The maximum Gasteiger partial charge on any atom is 0.337 e. The van der Waals surface area contributed by atoms with Gasteiger partial charge < -0.3 is 10.0 Å². The SMILES string of the molecule is CN(c1ccc(C(=O)O)cn1)c1ccccc1F. The lowest BCUT2D eigenvalue weighted by atomic mass is 10.2. The van der Waals surface area contributed by atoms with Crippen LogP contribution in [0.1, 0.15) is 10.4 Å². The van der Waals surface area contributed by atoms with Gasteiger partial charge in [-0.1, -0.05) is 12.1 Å². The molecule has 1 aromatic carbocycles. The number of aromatic nitrogens is 1. The third kappa shape index (κ3) is 2.29. The van der Waals surface area contributed by atoms with Crippen LogP contribution in [0.4, 0.5) is 15.9 Å². The van der Waals surface area contributed by atoms with E-state index in [1.54, 1.807) is 30.1 Å². The highest BCUT2D eigenvalue weighted by atomic mass is 19.1. The average molecular weight is 246 g/mol. The molecular weight excluding hydrogens is 235 g/mol. The molecule has 1 heterocycles. The predicted octanol–water partition coefficient (Wildman–Crippen LogP) is 2.69. The van der Waals surface area contributed by atoms with E-state index >= 15 is 0 Å². The maximum atomic E-state index is 13.6. The summed E-state index contributed by atoms with van der Waals surface area (Å²) in [6.07, 6.45) is 1.25. The van der Waals surface area contributed by atoms with Gasteiger partial charge in [0.2, 0.25) is 0 Å². The number of aromatic carboxylic acids is 1. The van der Waals surface area contributed by atoms with Crippen molar-refractivity contribution in [2.24, 2.45) is 0 Å². The number of carboxylic acids is 1. The van der Waals surface area contributed by atoms with Gasteiger partial charge in [-0.25, -0.2) is 14.2 Å². The van der Waals surface area contributed by atoms with Crippen molar-refractivity contribution in [2.45, 2.75) is 0 Å². The molecule has 1 aromatic heterocycles. The zero-order valence-electron chi connectivity index (χ0n) is 9.67. The van der Waals surface area contributed by atoms with Crippen molar-refractivity contribution in [1.82, 2.24) is 4.98 Å². The van der Waals surface area contributed by atoms with Gasteiger partial charge in [0, 0.05) is 13.2 Å². The summed E-state index contributed by atoms with van der Waals surface area (Å²) >= 11 is 0. The molecule has 0 aliphatic heterocycles. The van der Waals surface area contributed by atoms with Gasteiger partial charge in [0.1, 0.15) is 11.6 Å². The third-order valence-corrected chi connectivity index (χ3v) is 2.55. The van der Waals surface area contributed by atoms with Crippen LogP contribution in [-0.4, -0.2) is 23.1 Å². The van der Waals surface area contributed by atoms with Crippen molar-refractivity contribution in [2.75, 3.05) is 11.9 Å². The number of para-hydroxylation sites is 1. The molecule has 0 atom stereocenters. The fraction of sp³-hybridized carbons (Fsp3) is 0.0769. The topological polar surface area (TPSA) is 53.4 Å². The van der Waals surface area contributed by atoms with Crippen LogP contribution in [0.25, 0.3) is 0 Å². The molecule has 18 heavy (non-hydrogen) atoms. The average Bonchev–Trinajstić information content (AvgIpc) is 2.38. The van der Waals surface area contributed by atoms with Crippen molar-refractivity contribution in [3.05, 3.63) is 54.0 Å². The number of halogens is 1. The molecule has 0 aliphatic carbocycles.